The molecule has 1 aliphatic rings. The topological polar surface area (TPSA) is 21.3 Å². The lowest BCUT2D eigenvalue weighted by Gasteiger charge is -2.37. The third-order valence-electron chi connectivity index (χ3n) is 3.99. The summed E-state index contributed by atoms with van der Waals surface area (Å²) in [5.74, 6) is 0. The van der Waals surface area contributed by atoms with Crippen molar-refractivity contribution in [2.75, 3.05) is 13.7 Å². The molecule has 1 atom stereocenters. The first-order valence-electron chi connectivity index (χ1n) is 6.43. The molecular formula is C13H27NO. The zero-order chi connectivity index (χ0) is 11.3. The summed E-state index contributed by atoms with van der Waals surface area (Å²) in [6, 6.07) is 0.535. The van der Waals surface area contributed by atoms with Crippen LogP contribution in [0.5, 0.6) is 0 Å². The highest BCUT2D eigenvalue weighted by Gasteiger charge is 2.39. The monoisotopic (exact) mass is 213 g/mol. The highest BCUT2D eigenvalue weighted by molar-refractivity contribution is 4.93. The predicted molar refractivity (Wildman–Crippen MR) is 65.1 cm³/mol. The maximum Gasteiger partial charge on any atom is 0.0628 e. The summed E-state index contributed by atoms with van der Waals surface area (Å²) in [7, 11) is 2.07. The van der Waals surface area contributed by atoms with Crippen LogP contribution >= 0.6 is 0 Å². The Labute approximate surface area is 94.8 Å². The first kappa shape index (κ1) is 13.0. The summed E-state index contributed by atoms with van der Waals surface area (Å²) in [6.45, 7) is 7.41. The van der Waals surface area contributed by atoms with Crippen molar-refractivity contribution in [1.82, 2.24) is 5.32 Å². The Morgan fingerprint density at radius 3 is 2.27 bits per heavy atom. The van der Waals surface area contributed by atoms with E-state index in [0.717, 1.165) is 6.61 Å². The van der Waals surface area contributed by atoms with Crippen LogP contribution in [0.4, 0.5) is 0 Å². The molecule has 90 valence electrons. The third-order valence-corrected chi connectivity index (χ3v) is 3.99. The number of hydrogen-bond acceptors (Lipinski definition) is 2. The lowest BCUT2D eigenvalue weighted by molar-refractivity contribution is 0.0248. The van der Waals surface area contributed by atoms with Crippen LogP contribution in [-0.2, 0) is 4.74 Å². The van der Waals surface area contributed by atoms with Crippen LogP contribution in [0.1, 0.15) is 52.9 Å². The van der Waals surface area contributed by atoms with Crippen molar-refractivity contribution < 1.29 is 4.74 Å². The van der Waals surface area contributed by atoms with Gasteiger partial charge in [0.05, 0.1) is 12.7 Å². The Bertz CT molecular complexity index is 173. The minimum atomic E-state index is 0.344. The van der Waals surface area contributed by atoms with Crippen LogP contribution in [0.3, 0.4) is 0 Å². The van der Waals surface area contributed by atoms with Crippen LogP contribution in [-0.4, -0.2) is 25.8 Å². The van der Waals surface area contributed by atoms with E-state index in [0.29, 0.717) is 17.6 Å². The fourth-order valence-corrected chi connectivity index (χ4v) is 2.88. The Hall–Kier alpha value is -0.0800. The summed E-state index contributed by atoms with van der Waals surface area (Å²) >= 11 is 0. The van der Waals surface area contributed by atoms with Crippen molar-refractivity contribution in [3.63, 3.8) is 0 Å². The van der Waals surface area contributed by atoms with E-state index in [4.69, 9.17) is 4.74 Å². The molecule has 1 aliphatic carbocycles. The standard InChI is InChI=1S/C13H27NO/c1-5-13(8-6-7-9-13)12(14-4)10-15-11(2)3/h11-12,14H,5-10H2,1-4H3. The molecule has 1 saturated carbocycles. The Kier molecular flexibility index (Phi) is 5.07. The molecule has 0 spiro atoms. The fourth-order valence-electron chi connectivity index (χ4n) is 2.88. The molecule has 2 nitrogen and oxygen atoms in total. The van der Waals surface area contributed by atoms with Gasteiger partial charge in [0, 0.05) is 6.04 Å². The molecule has 0 bridgehead atoms. The van der Waals surface area contributed by atoms with Gasteiger partial charge in [0.2, 0.25) is 0 Å². The van der Waals surface area contributed by atoms with E-state index in [9.17, 15) is 0 Å². The Morgan fingerprint density at radius 1 is 1.27 bits per heavy atom. The number of nitrogens with one attached hydrogen (secondary N) is 1. The van der Waals surface area contributed by atoms with Crippen LogP contribution in [0, 0.1) is 5.41 Å². The van der Waals surface area contributed by atoms with Crippen LogP contribution in [0.25, 0.3) is 0 Å². The van der Waals surface area contributed by atoms with Crippen molar-refractivity contribution >= 4 is 0 Å². The van der Waals surface area contributed by atoms with Crippen LogP contribution < -0.4 is 5.32 Å². The first-order valence-corrected chi connectivity index (χ1v) is 6.43. The van der Waals surface area contributed by atoms with Gasteiger partial charge in [-0.25, -0.2) is 0 Å². The van der Waals surface area contributed by atoms with Crippen molar-refractivity contribution in [3.8, 4) is 0 Å². The summed E-state index contributed by atoms with van der Waals surface area (Å²) in [4.78, 5) is 0. The highest BCUT2D eigenvalue weighted by Crippen LogP contribution is 2.43. The van der Waals surface area contributed by atoms with Crippen LogP contribution in [0.2, 0.25) is 0 Å². The summed E-state index contributed by atoms with van der Waals surface area (Å²) < 4.78 is 5.77. The van der Waals surface area contributed by atoms with E-state index in [1.807, 2.05) is 0 Å². The number of rotatable bonds is 6. The highest BCUT2D eigenvalue weighted by atomic mass is 16.5. The van der Waals surface area contributed by atoms with Crippen molar-refractivity contribution in [2.45, 2.75) is 65.0 Å². The lowest BCUT2D eigenvalue weighted by Crippen LogP contribution is -2.45. The molecule has 1 rings (SSSR count). The van der Waals surface area contributed by atoms with Gasteiger partial charge < -0.3 is 10.1 Å². The van der Waals surface area contributed by atoms with Gasteiger partial charge in [0.1, 0.15) is 0 Å². The second-order valence-corrected chi connectivity index (χ2v) is 5.15. The van der Waals surface area contributed by atoms with Crippen LogP contribution in [0.15, 0.2) is 0 Å². The number of hydrogen-bond donors (Lipinski definition) is 1. The zero-order valence-electron chi connectivity index (χ0n) is 10.8. The summed E-state index contributed by atoms with van der Waals surface area (Å²) in [5.41, 5.74) is 0.504. The van der Waals surface area contributed by atoms with E-state index in [1.165, 1.54) is 32.1 Å². The average Bonchev–Trinajstić information content (AvgIpc) is 2.68. The van der Waals surface area contributed by atoms with Gasteiger partial charge in [-0.15, -0.1) is 0 Å². The molecule has 0 aliphatic heterocycles. The van der Waals surface area contributed by atoms with Gasteiger partial charge in [0.15, 0.2) is 0 Å². The molecule has 0 saturated heterocycles. The van der Waals surface area contributed by atoms with E-state index in [1.54, 1.807) is 0 Å². The van der Waals surface area contributed by atoms with Gasteiger partial charge >= 0.3 is 0 Å². The minimum Gasteiger partial charge on any atom is -0.377 e. The molecule has 0 amide bonds. The number of ether oxygens (including phenoxy) is 1. The molecule has 1 fully saturated rings. The molecule has 0 aromatic carbocycles. The minimum absolute atomic E-state index is 0.344. The smallest absolute Gasteiger partial charge is 0.0628 e. The molecule has 15 heavy (non-hydrogen) atoms. The molecule has 1 N–H and O–H groups in total. The van der Waals surface area contributed by atoms with E-state index < -0.39 is 0 Å². The predicted octanol–water partition coefficient (Wildman–Crippen LogP) is 2.97. The molecule has 0 aromatic rings. The van der Waals surface area contributed by atoms with Gasteiger partial charge in [-0.2, -0.15) is 0 Å². The summed E-state index contributed by atoms with van der Waals surface area (Å²) in [5, 5.41) is 3.47. The normalized spacial score (nSPS) is 22.2. The van der Waals surface area contributed by atoms with E-state index in [-0.39, 0.29) is 0 Å². The number of likely N-dealkylation sites (N-methyl/N-ethyl adjacent to an activating group) is 1. The molecule has 0 radical (unpaired) electrons. The maximum atomic E-state index is 5.77. The van der Waals surface area contributed by atoms with E-state index in [2.05, 4.69) is 33.1 Å². The molecule has 1 unspecified atom stereocenters. The molecule has 0 heterocycles. The quantitative estimate of drug-likeness (QED) is 0.732. The van der Waals surface area contributed by atoms with Gasteiger partial charge in [-0.3, -0.25) is 0 Å². The molecular weight excluding hydrogens is 186 g/mol. The van der Waals surface area contributed by atoms with Gasteiger partial charge in [0.25, 0.3) is 0 Å². The zero-order valence-corrected chi connectivity index (χ0v) is 10.8. The van der Waals surface area contributed by atoms with Crippen molar-refractivity contribution in [3.05, 3.63) is 0 Å². The Morgan fingerprint density at radius 2 is 1.87 bits per heavy atom. The second-order valence-electron chi connectivity index (χ2n) is 5.15. The summed E-state index contributed by atoms with van der Waals surface area (Å²) in [6.07, 6.45) is 7.16. The van der Waals surface area contributed by atoms with Gasteiger partial charge in [-0.05, 0) is 45.6 Å². The molecule has 2 heteroatoms. The maximum absolute atomic E-state index is 5.77. The van der Waals surface area contributed by atoms with Gasteiger partial charge in [-0.1, -0.05) is 19.8 Å². The first-order chi connectivity index (χ1) is 7.14. The van der Waals surface area contributed by atoms with Crippen molar-refractivity contribution in [1.29, 1.82) is 0 Å². The molecule has 0 aromatic heterocycles. The SMILES string of the molecule is CCC1(C(COC(C)C)NC)CCCC1. The third kappa shape index (κ3) is 3.18. The lowest BCUT2D eigenvalue weighted by atomic mass is 9.76. The average molecular weight is 213 g/mol. The van der Waals surface area contributed by atoms with Crippen molar-refractivity contribution in [2.24, 2.45) is 5.41 Å². The Balaban J connectivity index is 2.54. The van der Waals surface area contributed by atoms with E-state index >= 15 is 0 Å². The largest absolute Gasteiger partial charge is 0.377 e. The fraction of sp³-hybridized carbons (Fsp3) is 1.00. The second kappa shape index (κ2) is 5.86.